The fourth-order valence-corrected chi connectivity index (χ4v) is 4.81. The summed E-state index contributed by atoms with van der Waals surface area (Å²) in [6.07, 6.45) is 4.95. The van der Waals surface area contributed by atoms with Gasteiger partial charge in [-0.1, -0.05) is 6.42 Å². The van der Waals surface area contributed by atoms with Crippen LogP contribution in [-0.2, 0) is 9.84 Å². The van der Waals surface area contributed by atoms with Crippen molar-refractivity contribution in [2.75, 3.05) is 5.75 Å². The quantitative estimate of drug-likeness (QED) is 0.791. The van der Waals surface area contributed by atoms with Gasteiger partial charge < -0.3 is 0 Å². The molecule has 0 heterocycles. The first-order valence-electron chi connectivity index (χ1n) is 6.84. The van der Waals surface area contributed by atoms with E-state index in [4.69, 9.17) is 0 Å². The Labute approximate surface area is 110 Å². The molecule has 3 nitrogen and oxygen atoms in total. The number of fused-ring (bicyclic) bond motifs is 2. The minimum Gasteiger partial charge on any atom is -0.228 e. The molecule has 0 radical (unpaired) electrons. The molecule has 102 valence electrons. The molecule has 0 N–H and O–H groups in total. The summed E-state index contributed by atoms with van der Waals surface area (Å²) >= 11 is 0. The second-order valence-corrected chi connectivity index (χ2v) is 9.89. The number of rotatable bonds is 3. The van der Waals surface area contributed by atoms with Gasteiger partial charge in [-0.05, 0) is 58.3 Å². The Bertz CT molecular complexity index is 469. The highest BCUT2D eigenvalue weighted by atomic mass is 32.2. The van der Waals surface area contributed by atoms with Gasteiger partial charge in [0, 0.05) is 0 Å². The molecule has 0 saturated heterocycles. The van der Waals surface area contributed by atoms with Crippen molar-refractivity contribution in [2.45, 2.75) is 57.6 Å². The van der Waals surface area contributed by atoms with Crippen LogP contribution in [0.5, 0.6) is 0 Å². The average Bonchev–Trinajstić information content (AvgIpc) is 2.85. The zero-order valence-corrected chi connectivity index (χ0v) is 12.4. The van der Waals surface area contributed by atoms with Gasteiger partial charge in [0.2, 0.25) is 0 Å². The van der Waals surface area contributed by atoms with Crippen molar-refractivity contribution in [1.29, 1.82) is 5.26 Å². The smallest absolute Gasteiger partial charge is 0.155 e. The number of nitrogens with zero attached hydrogens (tertiary/aromatic N) is 1. The molecule has 0 spiro atoms. The van der Waals surface area contributed by atoms with E-state index >= 15 is 0 Å². The lowest BCUT2D eigenvalue weighted by Crippen LogP contribution is -2.35. The first-order valence-corrected chi connectivity index (χ1v) is 8.49. The lowest BCUT2D eigenvalue weighted by molar-refractivity contribution is 0.233. The van der Waals surface area contributed by atoms with Gasteiger partial charge in [0.25, 0.3) is 0 Å². The SMILES string of the molecule is CC(C)(C)S(=O)(=O)CCC1(C#N)CC2CCC1C2. The van der Waals surface area contributed by atoms with Crippen LogP contribution < -0.4 is 0 Å². The van der Waals surface area contributed by atoms with E-state index in [0.717, 1.165) is 19.3 Å². The molecule has 2 fully saturated rings. The number of nitriles is 1. The molecule has 0 aromatic heterocycles. The standard InChI is InChI=1S/C14H23NO2S/c1-13(2,3)18(16,17)7-6-14(10-15)9-11-4-5-12(14)8-11/h11-12H,4-9H2,1-3H3. The summed E-state index contributed by atoms with van der Waals surface area (Å²) < 4.78 is 23.6. The van der Waals surface area contributed by atoms with E-state index in [2.05, 4.69) is 6.07 Å². The van der Waals surface area contributed by atoms with E-state index in [1.807, 2.05) is 0 Å². The van der Waals surface area contributed by atoms with E-state index in [1.54, 1.807) is 20.8 Å². The van der Waals surface area contributed by atoms with E-state index < -0.39 is 14.6 Å². The maximum Gasteiger partial charge on any atom is 0.155 e. The van der Waals surface area contributed by atoms with Crippen LogP contribution in [0.2, 0.25) is 0 Å². The van der Waals surface area contributed by atoms with Crippen LogP contribution in [0, 0.1) is 28.6 Å². The third-order valence-corrected chi connectivity index (χ3v) is 7.56. The maximum atomic E-state index is 12.2. The van der Waals surface area contributed by atoms with Gasteiger partial charge in [0.15, 0.2) is 9.84 Å². The first kappa shape index (κ1) is 13.9. The van der Waals surface area contributed by atoms with Crippen molar-refractivity contribution >= 4 is 9.84 Å². The van der Waals surface area contributed by atoms with Crippen LogP contribution in [-0.4, -0.2) is 18.9 Å². The summed E-state index contributed by atoms with van der Waals surface area (Å²) in [4.78, 5) is 0. The molecule has 3 unspecified atom stereocenters. The fourth-order valence-electron chi connectivity index (χ4n) is 3.57. The van der Waals surface area contributed by atoms with Crippen LogP contribution in [0.15, 0.2) is 0 Å². The molecular weight excluding hydrogens is 246 g/mol. The van der Waals surface area contributed by atoms with Crippen LogP contribution in [0.4, 0.5) is 0 Å². The molecule has 18 heavy (non-hydrogen) atoms. The van der Waals surface area contributed by atoms with Gasteiger partial charge in [0.1, 0.15) is 0 Å². The van der Waals surface area contributed by atoms with Crippen LogP contribution in [0.25, 0.3) is 0 Å². The van der Waals surface area contributed by atoms with Gasteiger partial charge in [0.05, 0.1) is 22.0 Å². The Balaban J connectivity index is 2.09. The van der Waals surface area contributed by atoms with Gasteiger partial charge in [-0.3, -0.25) is 0 Å². The van der Waals surface area contributed by atoms with Crippen molar-refractivity contribution < 1.29 is 8.42 Å². The Kier molecular flexibility index (Phi) is 3.26. The molecule has 0 aromatic carbocycles. The van der Waals surface area contributed by atoms with Crippen molar-refractivity contribution in [1.82, 2.24) is 0 Å². The predicted octanol–water partition coefficient (Wildman–Crippen LogP) is 2.92. The van der Waals surface area contributed by atoms with Gasteiger partial charge in [-0.15, -0.1) is 0 Å². The lowest BCUT2D eigenvalue weighted by atomic mass is 9.72. The highest BCUT2D eigenvalue weighted by molar-refractivity contribution is 7.92. The van der Waals surface area contributed by atoms with E-state index in [-0.39, 0.29) is 11.2 Å². The minimum absolute atomic E-state index is 0.160. The molecule has 2 aliphatic rings. The average molecular weight is 269 g/mol. The molecule has 2 aliphatic carbocycles. The molecule has 2 saturated carbocycles. The van der Waals surface area contributed by atoms with Crippen molar-refractivity contribution in [3.8, 4) is 6.07 Å². The molecular formula is C14H23NO2S. The van der Waals surface area contributed by atoms with Gasteiger partial charge >= 0.3 is 0 Å². The summed E-state index contributed by atoms with van der Waals surface area (Å²) in [5.41, 5.74) is -0.346. The Hall–Kier alpha value is -0.560. The highest BCUT2D eigenvalue weighted by Crippen LogP contribution is 2.57. The maximum absolute atomic E-state index is 12.2. The van der Waals surface area contributed by atoms with Crippen molar-refractivity contribution in [2.24, 2.45) is 17.3 Å². The number of hydrogen-bond acceptors (Lipinski definition) is 3. The Morgan fingerprint density at radius 3 is 2.39 bits per heavy atom. The van der Waals surface area contributed by atoms with Crippen molar-refractivity contribution in [3.05, 3.63) is 0 Å². The monoisotopic (exact) mass is 269 g/mol. The van der Waals surface area contributed by atoms with Gasteiger partial charge in [-0.2, -0.15) is 5.26 Å². The largest absolute Gasteiger partial charge is 0.228 e. The molecule has 2 rings (SSSR count). The Morgan fingerprint density at radius 2 is 2.00 bits per heavy atom. The number of hydrogen-bond donors (Lipinski definition) is 0. The molecule has 0 amide bonds. The van der Waals surface area contributed by atoms with Crippen LogP contribution in [0.3, 0.4) is 0 Å². The summed E-state index contributed by atoms with van der Waals surface area (Å²) in [5, 5.41) is 9.49. The van der Waals surface area contributed by atoms with E-state index in [0.29, 0.717) is 18.3 Å². The van der Waals surface area contributed by atoms with E-state index in [9.17, 15) is 13.7 Å². The summed E-state index contributed by atoms with van der Waals surface area (Å²) in [5.74, 6) is 1.28. The van der Waals surface area contributed by atoms with Crippen LogP contribution >= 0.6 is 0 Å². The fraction of sp³-hybridized carbons (Fsp3) is 0.929. The molecule has 2 bridgehead atoms. The zero-order valence-electron chi connectivity index (χ0n) is 11.6. The molecule has 0 aliphatic heterocycles. The van der Waals surface area contributed by atoms with Gasteiger partial charge in [-0.25, -0.2) is 8.42 Å². The lowest BCUT2D eigenvalue weighted by Gasteiger charge is -2.32. The normalized spacial score (nSPS) is 35.7. The Morgan fingerprint density at radius 1 is 1.33 bits per heavy atom. The summed E-state index contributed by atoms with van der Waals surface area (Å²) in [6.45, 7) is 5.21. The van der Waals surface area contributed by atoms with Crippen molar-refractivity contribution in [3.63, 3.8) is 0 Å². The first-order chi connectivity index (χ1) is 8.20. The molecule has 3 atom stereocenters. The van der Waals surface area contributed by atoms with Crippen LogP contribution in [0.1, 0.15) is 52.9 Å². The molecule has 4 heteroatoms. The number of sulfone groups is 1. The van der Waals surface area contributed by atoms with E-state index in [1.165, 1.54) is 6.42 Å². The third kappa shape index (κ3) is 2.18. The second kappa shape index (κ2) is 4.23. The summed E-state index contributed by atoms with van der Waals surface area (Å²) in [6, 6.07) is 2.47. The zero-order chi connectivity index (χ0) is 13.6. The minimum atomic E-state index is -3.10. The second-order valence-electron chi connectivity index (χ2n) is 7.03. The highest BCUT2D eigenvalue weighted by Gasteiger charge is 2.51. The molecule has 0 aromatic rings. The topological polar surface area (TPSA) is 57.9 Å². The third-order valence-electron chi connectivity index (χ3n) is 4.95. The summed E-state index contributed by atoms with van der Waals surface area (Å²) in [7, 11) is -3.10. The predicted molar refractivity (Wildman–Crippen MR) is 71.7 cm³/mol.